The highest BCUT2D eigenvalue weighted by molar-refractivity contribution is 9.10. The summed E-state index contributed by atoms with van der Waals surface area (Å²) in [4.78, 5) is 18.3. The molecule has 0 aliphatic heterocycles. The number of hydrogen-bond donors (Lipinski definition) is 1. The van der Waals surface area contributed by atoms with Gasteiger partial charge in [0.2, 0.25) is 0 Å². The van der Waals surface area contributed by atoms with E-state index >= 15 is 0 Å². The smallest absolute Gasteiger partial charge is 0.256 e. The molecule has 6 nitrogen and oxygen atoms in total. The molecule has 0 saturated heterocycles. The SMILES string of the molecule is CC(C)COc1cccc(-c2cc(C(=O)Nc3ccc(Cn4cc(Br)cn4)cc3)c3ccccc3n2)c1. The Morgan fingerprint density at radius 2 is 1.84 bits per heavy atom. The maximum Gasteiger partial charge on any atom is 0.256 e. The minimum Gasteiger partial charge on any atom is -0.493 e. The molecule has 1 amide bonds. The van der Waals surface area contributed by atoms with Crippen LogP contribution in [0, 0.1) is 5.92 Å². The van der Waals surface area contributed by atoms with Crippen LogP contribution >= 0.6 is 15.9 Å². The summed E-state index contributed by atoms with van der Waals surface area (Å²) < 4.78 is 8.70. The van der Waals surface area contributed by atoms with E-state index in [0.717, 1.165) is 43.6 Å². The molecule has 5 aromatic rings. The van der Waals surface area contributed by atoms with Gasteiger partial charge in [-0.15, -0.1) is 0 Å². The Hall–Kier alpha value is -3.97. The van der Waals surface area contributed by atoms with E-state index in [9.17, 15) is 4.79 Å². The van der Waals surface area contributed by atoms with Gasteiger partial charge in [-0.25, -0.2) is 4.98 Å². The average Bonchev–Trinajstić information content (AvgIpc) is 3.32. The Morgan fingerprint density at radius 3 is 2.59 bits per heavy atom. The van der Waals surface area contributed by atoms with E-state index in [1.165, 1.54) is 0 Å². The molecule has 0 fully saturated rings. The van der Waals surface area contributed by atoms with Gasteiger partial charge >= 0.3 is 0 Å². The summed E-state index contributed by atoms with van der Waals surface area (Å²) in [6, 6.07) is 25.2. The van der Waals surface area contributed by atoms with Crippen molar-refractivity contribution in [1.82, 2.24) is 14.8 Å². The van der Waals surface area contributed by atoms with E-state index in [1.807, 2.05) is 89.7 Å². The maximum absolute atomic E-state index is 13.5. The molecule has 0 spiro atoms. The fraction of sp³-hybridized carbons (Fsp3) is 0.167. The van der Waals surface area contributed by atoms with Gasteiger partial charge < -0.3 is 10.1 Å². The summed E-state index contributed by atoms with van der Waals surface area (Å²) in [7, 11) is 0. The largest absolute Gasteiger partial charge is 0.493 e. The quantitative estimate of drug-likeness (QED) is 0.220. The number of halogens is 1. The van der Waals surface area contributed by atoms with Crippen molar-refractivity contribution in [2.24, 2.45) is 5.92 Å². The molecular formula is C30H27BrN4O2. The number of carbonyl (C=O) groups excluding carboxylic acids is 1. The Bertz CT molecular complexity index is 1540. The Morgan fingerprint density at radius 1 is 1.03 bits per heavy atom. The first-order valence-corrected chi connectivity index (χ1v) is 13.0. The van der Waals surface area contributed by atoms with Crippen LogP contribution in [0.2, 0.25) is 0 Å². The van der Waals surface area contributed by atoms with Crippen LogP contribution in [-0.4, -0.2) is 27.3 Å². The summed E-state index contributed by atoms with van der Waals surface area (Å²) in [5, 5.41) is 8.14. The molecular weight excluding hydrogens is 528 g/mol. The second-order valence-electron chi connectivity index (χ2n) is 9.31. The first-order valence-electron chi connectivity index (χ1n) is 12.2. The predicted molar refractivity (Wildman–Crippen MR) is 151 cm³/mol. The summed E-state index contributed by atoms with van der Waals surface area (Å²) in [5.41, 5.74) is 4.76. The summed E-state index contributed by atoms with van der Waals surface area (Å²) in [6.45, 7) is 5.52. The number of benzene rings is 3. The lowest BCUT2D eigenvalue weighted by Gasteiger charge is -2.13. The number of amides is 1. The molecule has 1 N–H and O–H groups in total. The van der Waals surface area contributed by atoms with Gasteiger partial charge in [-0.05, 0) is 63.8 Å². The van der Waals surface area contributed by atoms with Gasteiger partial charge in [0.1, 0.15) is 5.75 Å². The second-order valence-corrected chi connectivity index (χ2v) is 10.2. The van der Waals surface area contributed by atoms with E-state index in [1.54, 1.807) is 6.20 Å². The van der Waals surface area contributed by atoms with E-state index in [0.29, 0.717) is 24.6 Å². The van der Waals surface area contributed by atoms with Crippen molar-refractivity contribution in [3.63, 3.8) is 0 Å². The molecule has 5 rings (SSSR count). The molecule has 7 heteroatoms. The highest BCUT2D eigenvalue weighted by Crippen LogP contribution is 2.28. The number of para-hydroxylation sites is 1. The predicted octanol–water partition coefficient (Wildman–Crippen LogP) is 7.20. The number of pyridine rings is 1. The highest BCUT2D eigenvalue weighted by atomic mass is 79.9. The summed E-state index contributed by atoms with van der Waals surface area (Å²) >= 11 is 3.42. The molecule has 0 aliphatic rings. The van der Waals surface area contributed by atoms with Crippen LogP contribution in [0.25, 0.3) is 22.2 Å². The molecule has 2 aromatic heterocycles. The number of nitrogens with zero attached hydrogens (tertiary/aromatic N) is 3. The van der Waals surface area contributed by atoms with Crippen LogP contribution in [0.5, 0.6) is 5.75 Å². The maximum atomic E-state index is 13.5. The average molecular weight is 555 g/mol. The summed E-state index contributed by atoms with van der Waals surface area (Å²) in [5.74, 6) is 1.03. The number of hydrogen-bond acceptors (Lipinski definition) is 4. The minimum atomic E-state index is -0.184. The molecule has 186 valence electrons. The zero-order valence-electron chi connectivity index (χ0n) is 20.7. The number of anilines is 1. The first-order chi connectivity index (χ1) is 17.9. The number of rotatable bonds is 8. The van der Waals surface area contributed by atoms with E-state index in [2.05, 4.69) is 40.2 Å². The normalized spacial score (nSPS) is 11.1. The number of fused-ring (bicyclic) bond motifs is 1. The van der Waals surface area contributed by atoms with Crippen molar-refractivity contribution in [1.29, 1.82) is 0 Å². The van der Waals surface area contributed by atoms with Gasteiger partial charge in [0.05, 0.1) is 40.6 Å². The monoisotopic (exact) mass is 554 g/mol. The van der Waals surface area contributed by atoms with E-state index in [4.69, 9.17) is 9.72 Å². The Kier molecular flexibility index (Phi) is 7.32. The first kappa shape index (κ1) is 24.7. The number of ether oxygens (including phenoxy) is 1. The minimum absolute atomic E-state index is 0.184. The van der Waals surface area contributed by atoms with Gasteiger partial charge in [0.15, 0.2) is 0 Å². The van der Waals surface area contributed by atoms with Crippen LogP contribution in [0.4, 0.5) is 5.69 Å². The van der Waals surface area contributed by atoms with Gasteiger partial charge in [0, 0.05) is 22.8 Å². The standard InChI is InChI=1S/C30H27BrN4O2/c1-20(2)19-37-25-7-5-6-22(14-25)29-15-27(26-8-3-4-9-28(26)34-29)30(36)33-24-12-10-21(11-13-24)17-35-18-23(31)16-32-35/h3-16,18,20H,17,19H2,1-2H3,(H,33,36). The lowest BCUT2D eigenvalue weighted by molar-refractivity contribution is 0.102. The van der Waals surface area contributed by atoms with Crippen LogP contribution < -0.4 is 10.1 Å². The second kappa shape index (κ2) is 11.0. The lowest BCUT2D eigenvalue weighted by atomic mass is 10.0. The molecule has 2 heterocycles. The van der Waals surface area contributed by atoms with E-state index in [-0.39, 0.29) is 5.91 Å². The number of carbonyl (C=O) groups is 1. The van der Waals surface area contributed by atoms with Gasteiger partial charge in [0.25, 0.3) is 5.91 Å². The summed E-state index contributed by atoms with van der Waals surface area (Å²) in [6.07, 6.45) is 3.69. The molecule has 0 aliphatic carbocycles. The fourth-order valence-corrected chi connectivity index (χ4v) is 4.35. The van der Waals surface area contributed by atoms with Crippen molar-refractivity contribution in [3.8, 4) is 17.0 Å². The van der Waals surface area contributed by atoms with Crippen LogP contribution in [0.15, 0.2) is 95.7 Å². The van der Waals surface area contributed by atoms with E-state index < -0.39 is 0 Å². The number of aromatic nitrogens is 3. The number of nitrogens with one attached hydrogen (secondary N) is 1. The Balaban J connectivity index is 1.40. The van der Waals surface area contributed by atoms with Crippen LogP contribution in [0.3, 0.4) is 0 Å². The third-order valence-corrected chi connectivity index (χ3v) is 6.24. The molecule has 37 heavy (non-hydrogen) atoms. The van der Waals surface area contributed by atoms with Crippen LogP contribution in [0.1, 0.15) is 29.8 Å². The third kappa shape index (κ3) is 6.06. The van der Waals surface area contributed by atoms with Crippen LogP contribution in [-0.2, 0) is 6.54 Å². The van der Waals surface area contributed by atoms with Gasteiger partial charge in [-0.3, -0.25) is 9.48 Å². The van der Waals surface area contributed by atoms with Gasteiger partial charge in [-0.1, -0.05) is 56.3 Å². The third-order valence-electron chi connectivity index (χ3n) is 5.83. The van der Waals surface area contributed by atoms with Crippen molar-refractivity contribution in [2.45, 2.75) is 20.4 Å². The van der Waals surface area contributed by atoms with Crippen molar-refractivity contribution in [2.75, 3.05) is 11.9 Å². The molecule has 0 atom stereocenters. The Labute approximate surface area is 224 Å². The zero-order chi connectivity index (χ0) is 25.8. The fourth-order valence-electron chi connectivity index (χ4n) is 4.02. The van der Waals surface area contributed by atoms with Gasteiger partial charge in [-0.2, -0.15) is 5.10 Å². The lowest BCUT2D eigenvalue weighted by Crippen LogP contribution is -2.13. The van der Waals surface area contributed by atoms with Crippen molar-refractivity contribution >= 4 is 38.4 Å². The molecule has 0 saturated carbocycles. The topological polar surface area (TPSA) is 69.0 Å². The molecule has 0 bridgehead atoms. The molecule has 3 aromatic carbocycles. The zero-order valence-corrected chi connectivity index (χ0v) is 22.3. The highest BCUT2D eigenvalue weighted by Gasteiger charge is 2.15. The molecule has 0 radical (unpaired) electrons. The van der Waals surface area contributed by atoms with Crippen molar-refractivity contribution < 1.29 is 9.53 Å². The van der Waals surface area contributed by atoms with Crippen molar-refractivity contribution in [3.05, 3.63) is 107 Å². The molecule has 0 unspecified atom stereocenters.